The number of benzene rings is 1. The number of nitrogens with zero attached hydrogens (tertiary/aromatic N) is 2. The van der Waals surface area contributed by atoms with Gasteiger partial charge in [0.1, 0.15) is 18.1 Å². The van der Waals surface area contributed by atoms with Crippen LogP contribution in [0.25, 0.3) is 6.08 Å². The monoisotopic (exact) mass is 390 g/mol. The maximum absolute atomic E-state index is 11.9. The first-order valence-electron chi connectivity index (χ1n) is 9.82. The first-order valence-corrected chi connectivity index (χ1v) is 9.82. The first-order chi connectivity index (χ1) is 13.8. The Morgan fingerprint density at radius 3 is 2.76 bits per heavy atom. The lowest BCUT2D eigenvalue weighted by Crippen LogP contribution is -2.60. The molecule has 0 radical (unpaired) electrons. The molecule has 150 valence electrons. The molecular formula is C24H26N2O3. The lowest BCUT2D eigenvalue weighted by molar-refractivity contribution is -0.138. The van der Waals surface area contributed by atoms with E-state index in [4.69, 9.17) is 9.47 Å². The van der Waals surface area contributed by atoms with Crippen molar-refractivity contribution in [3.05, 3.63) is 71.6 Å². The van der Waals surface area contributed by atoms with Gasteiger partial charge in [-0.05, 0) is 63.6 Å². The normalized spacial score (nSPS) is 20.8. The van der Waals surface area contributed by atoms with E-state index in [2.05, 4.69) is 48.5 Å². The number of para-hydroxylation sites is 1. The molecule has 0 N–H and O–H groups in total. The number of anilines is 1. The number of hydrogen-bond donors (Lipinski definition) is 0. The number of carbonyl (C=O) groups excluding carboxylic acids is 1. The van der Waals surface area contributed by atoms with E-state index in [1.165, 1.54) is 5.56 Å². The van der Waals surface area contributed by atoms with Gasteiger partial charge < -0.3 is 14.4 Å². The van der Waals surface area contributed by atoms with Crippen LogP contribution < -0.4 is 9.64 Å². The van der Waals surface area contributed by atoms with E-state index in [9.17, 15) is 4.79 Å². The summed E-state index contributed by atoms with van der Waals surface area (Å²) in [5, 5.41) is 0. The summed E-state index contributed by atoms with van der Waals surface area (Å²) in [4.78, 5) is 18.6. The van der Waals surface area contributed by atoms with Crippen molar-refractivity contribution in [3.8, 4) is 5.75 Å². The average molecular weight is 390 g/mol. The smallest absolute Gasteiger partial charge is 0.333 e. The van der Waals surface area contributed by atoms with Crippen molar-refractivity contribution in [2.75, 3.05) is 18.1 Å². The van der Waals surface area contributed by atoms with Crippen molar-refractivity contribution in [3.63, 3.8) is 0 Å². The predicted octanol–water partition coefficient (Wildman–Crippen LogP) is 4.41. The molecule has 5 nitrogen and oxygen atoms in total. The summed E-state index contributed by atoms with van der Waals surface area (Å²) in [6.07, 6.45) is 4.12. The van der Waals surface area contributed by atoms with Gasteiger partial charge in [-0.2, -0.15) is 0 Å². The third-order valence-corrected chi connectivity index (χ3v) is 5.82. The Bertz CT molecular complexity index is 1020. The maximum atomic E-state index is 11.9. The fourth-order valence-corrected chi connectivity index (χ4v) is 4.23. The van der Waals surface area contributed by atoms with Crippen molar-refractivity contribution in [1.82, 2.24) is 4.98 Å². The summed E-state index contributed by atoms with van der Waals surface area (Å²) in [6, 6.07) is 12.2. The standard InChI is InChI=1S/C24H26N2O3/c1-16(2)22(27)28-15-14-26-20-9-7-6-8-18(20)23(4,5)24(26)13-12-19-21(29-24)11-10-17(3)25-19/h6-13H,1,14-15H2,2-5H3. The van der Waals surface area contributed by atoms with Crippen molar-refractivity contribution < 1.29 is 14.3 Å². The molecule has 0 amide bonds. The Morgan fingerprint density at radius 1 is 1.24 bits per heavy atom. The second-order valence-corrected chi connectivity index (χ2v) is 8.18. The fourth-order valence-electron chi connectivity index (χ4n) is 4.23. The van der Waals surface area contributed by atoms with E-state index >= 15 is 0 Å². The van der Waals surface area contributed by atoms with Gasteiger partial charge in [0.15, 0.2) is 0 Å². The van der Waals surface area contributed by atoms with Gasteiger partial charge in [0.05, 0.1) is 12.0 Å². The third kappa shape index (κ3) is 2.92. The highest BCUT2D eigenvalue weighted by molar-refractivity contribution is 5.87. The molecule has 0 saturated carbocycles. The largest absolute Gasteiger partial charge is 0.461 e. The molecule has 2 aliphatic heterocycles. The average Bonchev–Trinajstić information content (AvgIpc) is 2.87. The Labute approximate surface area is 171 Å². The van der Waals surface area contributed by atoms with Gasteiger partial charge in [0.25, 0.3) is 0 Å². The van der Waals surface area contributed by atoms with Gasteiger partial charge in [0, 0.05) is 17.0 Å². The second kappa shape index (κ2) is 6.76. The minimum atomic E-state index is -0.740. The third-order valence-electron chi connectivity index (χ3n) is 5.82. The first kappa shape index (κ1) is 19.2. The van der Waals surface area contributed by atoms with Crippen molar-refractivity contribution in [2.45, 2.75) is 38.8 Å². The Hall–Kier alpha value is -3.08. The van der Waals surface area contributed by atoms with Crippen LogP contribution in [0.2, 0.25) is 0 Å². The van der Waals surface area contributed by atoms with Gasteiger partial charge in [-0.25, -0.2) is 9.78 Å². The van der Waals surface area contributed by atoms with E-state index in [-0.39, 0.29) is 18.0 Å². The Kier molecular flexibility index (Phi) is 4.49. The van der Waals surface area contributed by atoms with Crippen LogP contribution in [-0.4, -0.2) is 29.8 Å². The van der Waals surface area contributed by atoms with E-state index in [0.29, 0.717) is 12.1 Å². The molecule has 1 aromatic carbocycles. The van der Waals surface area contributed by atoms with E-state index < -0.39 is 5.72 Å². The molecule has 0 aliphatic carbocycles. The van der Waals surface area contributed by atoms with E-state index in [1.54, 1.807) is 6.92 Å². The summed E-state index contributed by atoms with van der Waals surface area (Å²) >= 11 is 0. The predicted molar refractivity (Wildman–Crippen MR) is 114 cm³/mol. The molecule has 1 spiro atoms. The Morgan fingerprint density at radius 2 is 2.00 bits per heavy atom. The number of carbonyl (C=O) groups is 1. The molecule has 0 bridgehead atoms. The van der Waals surface area contributed by atoms with Crippen LogP contribution in [-0.2, 0) is 14.9 Å². The highest BCUT2D eigenvalue weighted by Crippen LogP contribution is 2.54. The summed E-state index contributed by atoms with van der Waals surface area (Å²) in [5.74, 6) is 0.374. The number of aromatic nitrogens is 1. The lowest BCUT2D eigenvalue weighted by Gasteiger charge is -2.46. The fraction of sp³-hybridized carbons (Fsp3) is 0.333. The van der Waals surface area contributed by atoms with E-state index in [0.717, 1.165) is 22.8 Å². The zero-order chi connectivity index (χ0) is 20.8. The van der Waals surface area contributed by atoms with Crippen LogP contribution in [0.15, 0.2) is 54.6 Å². The zero-order valence-corrected chi connectivity index (χ0v) is 17.4. The molecule has 2 aromatic rings. The van der Waals surface area contributed by atoms with Crippen LogP contribution in [0, 0.1) is 6.92 Å². The van der Waals surface area contributed by atoms with Crippen LogP contribution in [0.4, 0.5) is 5.69 Å². The lowest BCUT2D eigenvalue weighted by atomic mass is 9.76. The minimum Gasteiger partial charge on any atom is -0.461 e. The zero-order valence-electron chi connectivity index (χ0n) is 17.4. The maximum Gasteiger partial charge on any atom is 0.333 e. The van der Waals surface area contributed by atoms with Gasteiger partial charge in [-0.1, -0.05) is 24.8 Å². The minimum absolute atomic E-state index is 0.244. The number of hydrogen-bond acceptors (Lipinski definition) is 5. The molecule has 1 atom stereocenters. The number of ether oxygens (including phenoxy) is 2. The molecule has 4 rings (SSSR count). The summed E-state index contributed by atoms with van der Waals surface area (Å²) in [5.41, 5.74) is 3.38. The number of aryl methyl sites for hydroxylation is 1. The SMILES string of the molecule is C=C(C)C(=O)OCCN1c2ccccc2C(C)(C)C12C=Cc1nc(C)ccc1O2. The summed E-state index contributed by atoms with van der Waals surface area (Å²) in [7, 11) is 0. The molecular weight excluding hydrogens is 364 g/mol. The molecule has 29 heavy (non-hydrogen) atoms. The number of esters is 1. The molecule has 5 heteroatoms. The topological polar surface area (TPSA) is 51.7 Å². The molecule has 0 fully saturated rings. The van der Waals surface area contributed by atoms with E-state index in [1.807, 2.05) is 37.3 Å². The van der Waals surface area contributed by atoms with Crippen molar-refractivity contribution in [1.29, 1.82) is 0 Å². The van der Waals surface area contributed by atoms with Gasteiger partial charge >= 0.3 is 5.97 Å². The van der Waals surface area contributed by atoms with Crippen molar-refractivity contribution in [2.24, 2.45) is 0 Å². The van der Waals surface area contributed by atoms with Gasteiger partial charge in [-0.15, -0.1) is 0 Å². The summed E-state index contributed by atoms with van der Waals surface area (Å²) in [6.45, 7) is 12.4. The van der Waals surface area contributed by atoms with Crippen molar-refractivity contribution >= 4 is 17.7 Å². The van der Waals surface area contributed by atoms with Crippen LogP contribution >= 0.6 is 0 Å². The number of pyridine rings is 1. The Balaban J connectivity index is 1.74. The number of fused-ring (bicyclic) bond motifs is 2. The molecule has 2 aliphatic rings. The highest BCUT2D eigenvalue weighted by Gasteiger charge is 2.58. The van der Waals surface area contributed by atoms with Crippen LogP contribution in [0.3, 0.4) is 0 Å². The second-order valence-electron chi connectivity index (χ2n) is 8.18. The van der Waals surface area contributed by atoms with Gasteiger partial charge in [0.2, 0.25) is 5.72 Å². The number of rotatable bonds is 4. The molecule has 1 aromatic heterocycles. The molecule has 1 unspecified atom stereocenters. The quantitative estimate of drug-likeness (QED) is 0.572. The van der Waals surface area contributed by atoms with Crippen LogP contribution in [0.1, 0.15) is 37.7 Å². The molecule has 0 saturated heterocycles. The van der Waals surface area contributed by atoms with Crippen LogP contribution in [0.5, 0.6) is 5.75 Å². The highest BCUT2D eigenvalue weighted by atomic mass is 16.5. The molecule has 3 heterocycles. The summed E-state index contributed by atoms with van der Waals surface area (Å²) < 4.78 is 12.1. The van der Waals surface area contributed by atoms with Gasteiger partial charge in [-0.3, -0.25) is 0 Å².